The molecule has 0 fully saturated rings. The van der Waals surface area contributed by atoms with Crippen LogP contribution in [0, 0.1) is 0 Å². The predicted octanol–water partition coefficient (Wildman–Crippen LogP) is 1.19. The predicted molar refractivity (Wildman–Crippen MR) is 78.5 cm³/mol. The number of benzene rings is 1. The number of nitrogens with two attached hydrogens (primary N) is 1. The summed E-state index contributed by atoms with van der Waals surface area (Å²) >= 11 is 0. The van der Waals surface area contributed by atoms with Gasteiger partial charge in [0, 0.05) is 19.8 Å². The highest BCUT2D eigenvalue weighted by Gasteiger charge is 2.15. The average molecular weight is 280 g/mol. The van der Waals surface area contributed by atoms with Gasteiger partial charge >= 0.3 is 0 Å². The molecule has 0 aliphatic rings. The van der Waals surface area contributed by atoms with Crippen LogP contribution in [-0.4, -0.2) is 36.8 Å². The van der Waals surface area contributed by atoms with E-state index in [0.29, 0.717) is 13.0 Å². The molecule has 0 bridgehead atoms. The number of methoxy groups -OCH3 is 1. The van der Waals surface area contributed by atoms with Crippen LogP contribution in [0.3, 0.4) is 0 Å². The fourth-order valence-electron chi connectivity index (χ4n) is 1.84. The minimum absolute atomic E-state index is 0.0601. The fraction of sp³-hybridized carbons (Fsp3) is 0.533. The van der Waals surface area contributed by atoms with Gasteiger partial charge in [0.05, 0.1) is 6.04 Å². The molecule has 0 spiro atoms. The third-order valence-corrected chi connectivity index (χ3v) is 3.16. The van der Waals surface area contributed by atoms with E-state index in [2.05, 4.69) is 5.32 Å². The van der Waals surface area contributed by atoms with Crippen LogP contribution in [0.1, 0.15) is 25.3 Å². The summed E-state index contributed by atoms with van der Waals surface area (Å²) in [4.78, 5) is 11.8. The summed E-state index contributed by atoms with van der Waals surface area (Å²) < 4.78 is 4.90. The molecular weight excluding hydrogens is 256 g/mol. The molecule has 2 atom stereocenters. The Labute approximate surface area is 120 Å². The van der Waals surface area contributed by atoms with E-state index in [1.54, 1.807) is 19.2 Å². The highest BCUT2D eigenvalue weighted by Crippen LogP contribution is 2.11. The van der Waals surface area contributed by atoms with Crippen LogP contribution < -0.4 is 11.1 Å². The van der Waals surface area contributed by atoms with Gasteiger partial charge in [0.2, 0.25) is 5.91 Å². The first-order chi connectivity index (χ1) is 9.52. The summed E-state index contributed by atoms with van der Waals surface area (Å²) in [7, 11) is 1.59. The van der Waals surface area contributed by atoms with E-state index >= 15 is 0 Å². The maximum Gasteiger partial charge on any atom is 0.237 e. The monoisotopic (exact) mass is 280 g/mol. The molecule has 1 rings (SSSR count). The Morgan fingerprint density at radius 3 is 2.60 bits per heavy atom. The first-order valence-electron chi connectivity index (χ1n) is 6.85. The molecule has 0 aliphatic heterocycles. The van der Waals surface area contributed by atoms with E-state index in [4.69, 9.17) is 10.5 Å². The van der Waals surface area contributed by atoms with Gasteiger partial charge in [0.15, 0.2) is 0 Å². The van der Waals surface area contributed by atoms with Crippen molar-refractivity contribution in [1.82, 2.24) is 5.32 Å². The van der Waals surface area contributed by atoms with Crippen molar-refractivity contribution in [3.05, 3.63) is 29.8 Å². The first kappa shape index (κ1) is 16.5. The standard InChI is InChI=1S/C15H24N2O3/c1-11(17-15(19)14(16)9-10-20-2)3-4-12-5-7-13(18)8-6-12/h5-8,11,14,18H,3-4,9-10,16H2,1-2H3,(H,17,19). The highest BCUT2D eigenvalue weighted by atomic mass is 16.5. The average Bonchev–Trinajstić information content (AvgIpc) is 2.44. The maximum absolute atomic E-state index is 11.8. The number of carbonyl (C=O) groups excluding carboxylic acids is 1. The van der Waals surface area contributed by atoms with E-state index in [9.17, 15) is 9.90 Å². The Balaban J connectivity index is 2.30. The van der Waals surface area contributed by atoms with E-state index in [-0.39, 0.29) is 17.7 Å². The molecule has 5 heteroatoms. The number of hydrogen-bond donors (Lipinski definition) is 3. The van der Waals surface area contributed by atoms with Crippen LogP contribution in [0.25, 0.3) is 0 Å². The fourth-order valence-corrected chi connectivity index (χ4v) is 1.84. The molecule has 0 aliphatic carbocycles. The van der Waals surface area contributed by atoms with Crippen LogP contribution in [0.2, 0.25) is 0 Å². The van der Waals surface area contributed by atoms with Gasteiger partial charge in [-0.15, -0.1) is 0 Å². The largest absolute Gasteiger partial charge is 0.508 e. The van der Waals surface area contributed by atoms with Gasteiger partial charge in [-0.3, -0.25) is 4.79 Å². The Bertz CT molecular complexity index is 406. The van der Waals surface area contributed by atoms with Crippen LogP contribution >= 0.6 is 0 Å². The summed E-state index contributed by atoms with van der Waals surface area (Å²) in [6.07, 6.45) is 2.19. The summed E-state index contributed by atoms with van der Waals surface area (Å²) in [6, 6.07) is 6.64. The minimum atomic E-state index is -0.522. The number of aryl methyl sites for hydroxylation is 1. The molecule has 0 aromatic heterocycles. The van der Waals surface area contributed by atoms with E-state index < -0.39 is 6.04 Å². The van der Waals surface area contributed by atoms with Crippen molar-refractivity contribution in [2.45, 2.75) is 38.3 Å². The lowest BCUT2D eigenvalue weighted by molar-refractivity contribution is -0.123. The number of carbonyl (C=O) groups is 1. The molecule has 0 saturated carbocycles. The molecule has 1 amide bonds. The molecule has 2 unspecified atom stereocenters. The number of phenolic OH excluding ortho intramolecular Hbond substituents is 1. The van der Waals surface area contributed by atoms with E-state index in [1.165, 1.54) is 0 Å². The zero-order chi connectivity index (χ0) is 15.0. The van der Waals surface area contributed by atoms with Crippen LogP contribution in [0.15, 0.2) is 24.3 Å². The third kappa shape index (κ3) is 6.04. The Morgan fingerprint density at radius 1 is 1.35 bits per heavy atom. The molecular formula is C15H24N2O3. The lowest BCUT2D eigenvalue weighted by Gasteiger charge is -2.17. The van der Waals surface area contributed by atoms with Gasteiger partial charge in [0.1, 0.15) is 5.75 Å². The zero-order valence-electron chi connectivity index (χ0n) is 12.1. The topological polar surface area (TPSA) is 84.6 Å². The van der Waals surface area contributed by atoms with Crippen molar-refractivity contribution >= 4 is 5.91 Å². The quantitative estimate of drug-likeness (QED) is 0.668. The van der Waals surface area contributed by atoms with Gasteiger partial charge < -0.3 is 20.9 Å². The van der Waals surface area contributed by atoms with Crippen molar-refractivity contribution in [1.29, 1.82) is 0 Å². The number of nitrogens with one attached hydrogen (secondary N) is 1. The van der Waals surface area contributed by atoms with E-state index in [0.717, 1.165) is 18.4 Å². The first-order valence-corrected chi connectivity index (χ1v) is 6.85. The summed E-state index contributed by atoms with van der Waals surface area (Å²) in [5, 5.41) is 12.1. The van der Waals surface area contributed by atoms with Crippen LogP contribution in [0.5, 0.6) is 5.75 Å². The number of aromatic hydroxyl groups is 1. The number of rotatable bonds is 8. The van der Waals surface area contributed by atoms with Crippen LogP contribution in [0.4, 0.5) is 0 Å². The number of ether oxygens (including phenoxy) is 1. The van der Waals surface area contributed by atoms with Crippen molar-refractivity contribution in [3.63, 3.8) is 0 Å². The second-order valence-electron chi connectivity index (χ2n) is 5.00. The highest BCUT2D eigenvalue weighted by molar-refractivity contribution is 5.81. The number of hydrogen-bond acceptors (Lipinski definition) is 4. The summed E-state index contributed by atoms with van der Waals surface area (Å²) in [5.74, 6) is 0.125. The Morgan fingerprint density at radius 2 is 2.00 bits per heavy atom. The second kappa shape index (κ2) is 8.55. The lowest BCUT2D eigenvalue weighted by Crippen LogP contribution is -2.45. The summed E-state index contributed by atoms with van der Waals surface area (Å²) in [6.45, 7) is 2.44. The Hall–Kier alpha value is -1.59. The Kier molecular flexibility index (Phi) is 7.04. The lowest BCUT2D eigenvalue weighted by atomic mass is 10.1. The van der Waals surface area contributed by atoms with Gasteiger partial charge in [0.25, 0.3) is 0 Å². The SMILES string of the molecule is COCCC(N)C(=O)NC(C)CCc1ccc(O)cc1. The molecule has 0 radical (unpaired) electrons. The van der Waals surface area contributed by atoms with Crippen LogP contribution in [-0.2, 0) is 16.0 Å². The molecule has 4 N–H and O–H groups in total. The van der Waals surface area contributed by atoms with Crippen molar-refractivity contribution in [3.8, 4) is 5.75 Å². The molecule has 0 saturated heterocycles. The molecule has 112 valence electrons. The van der Waals surface area contributed by atoms with Crippen molar-refractivity contribution in [2.75, 3.05) is 13.7 Å². The van der Waals surface area contributed by atoms with Crippen molar-refractivity contribution < 1.29 is 14.6 Å². The molecule has 5 nitrogen and oxygen atoms in total. The van der Waals surface area contributed by atoms with Gasteiger partial charge in [-0.1, -0.05) is 12.1 Å². The minimum Gasteiger partial charge on any atom is -0.508 e. The molecule has 1 aromatic carbocycles. The van der Waals surface area contributed by atoms with Gasteiger partial charge in [-0.25, -0.2) is 0 Å². The molecule has 1 aromatic rings. The van der Waals surface area contributed by atoms with E-state index in [1.807, 2.05) is 19.1 Å². The van der Waals surface area contributed by atoms with Gasteiger partial charge in [-0.05, 0) is 43.9 Å². The second-order valence-corrected chi connectivity index (χ2v) is 5.00. The normalized spacial score (nSPS) is 13.8. The summed E-state index contributed by atoms with van der Waals surface area (Å²) in [5.41, 5.74) is 6.89. The maximum atomic E-state index is 11.8. The van der Waals surface area contributed by atoms with Crippen molar-refractivity contribution in [2.24, 2.45) is 5.73 Å². The third-order valence-electron chi connectivity index (χ3n) is 3.16. The zero-order valence-corrected chi connectivity index (χ0v) is 12.1. The molecule has 0 heterocycles. The number of amides is 1. The smallest absolute Gasteiger partial charge is 0.237 e. The van der Waals surface area contributed by atoms with Gasteiger partial charge in [-0.2, -0.15) is 0 Å². The molecule has 20 heavy (non-hydrogen) atoms. The number of phenols is 1.